The van der Waals surface area contributed by atoms with Gasteiger partial charge in [-0.1, -0.05) is 35.4 Å². The van der Waals surface area contributed by atoms with E-state index in [0.717, 1.165) is 6.42 Å². The number of fused-ring (bicyclic) bond motifs is 5. The van der Waals surface area contributed by atoms with E-state index >= 15 is 0 Å². The van der Waals surface area contributed by atoms with Crippen molar-refractivity contribution in [2.45, 2.75) is 13.3 Å². The van der Waals surface area contributed by atoms with Crippen molar-refractivity contribution >= 4 is 40.7 Å². The quantitative estimate of drug-likeness (QED) is 0.584. The Hall–Kier alpha value is -1.32. The first-order valence-corrected chi connectivity index (χ1v) is 7.72. The summed E-state index contributed by atoms with van der Waals surface area (Å²) < 4.78 is 0. The van der Waals surface area contributed by atoms with Gasteiger partial charge in [-0.05, 0) is 43.4 Å². The molecule has 1 saturated carbocycles. The third-order valence-electron chi connectivity index (χ3n) is 5.27. The summed E-state index contributed by atoms with van der Waals surface area (Å²) >= 11 is 11.9. The molecule has 1 heterocycles. The summed E-state index contributed by atoms with van der Waals surface area (Å²) in [6, 6.07) is 4.87. The van der Waals surface area contributed by atoms with Crippen LogP contribution in [0.3, 0.4) is 0 Å². The number of benzene rings is 1. The average Bonchev–Trinajstić information content (AvgIpc) is 3.07. The lowest BCUT2D eigenvalue weighted by atomic mass is 9.71. The van der Waals surface area contributed by atoms with Crippen molar-refractivity contribution in [3.05, 3.63) is 40.4 Å². The Kier molecular flexibility index (Phi) is 2.61. The van der Waals surface area contributed by atoms with E-state index in [2.05, 4.69) is 12.2 Å². The van der Waals surface area contributed by atoms with Crippen molar-refractivity contribution in [1.29, 1.82) is 0 Å². The summed E-state index contributed by atoms with van der Waals surface area (Å²) in [4.78, 5) is 27.0. The van der Waals surface area contributed by atoms with Crippen LogP contribution >= 0.6 is 23.2 Å². The highest BCUT2D eigenvalue weighted by Gasteiger charge is 2.67. The second kappa shape index (κ2) is 4.11. The van der Waals surface area contributed by atoms with E-state index in [1.807, 2.05) is 6.92 Å². The predicted molar refractivity (Wildman–Crippen MR) is 81.3 cm³/mol. The second-order valence-corrected chi connectivity index (χ2v) is 7.04. The Morgan fingerprint density at radius 3 is 2.62 bits per heavy atom. The molecule has 0 spiro atoms. The molecule has 3 nitrogen and oxygen atoms in total. The first-order chi connectivity index (χ1) is 9.94. The molecule has 1 aromatic rings. The minimum atomic E-state index is -0.609. The number of carbonyl (C=O) groups excluding carboxylic acids is 2. The van der Waals surface area contributed by atoms with Crippen LogP contribution in [0.25, 0.3) is 0 Å². The van der Waals surface area contributed by atoms with Gasteiger partial charge in [0.05, 0.1) is 27.1 Å². The third-order valence-corrected chi connectivity index (χ3v) is 6.01. The van der Waals surface area contributed by atoms with Crippen molar-refractivity contribution in [3.8, 4) is 0 Å². The van der Waals surface area contributed by atoms with Crippen LogP contribution in [-0.4, -0.2) is 11.8 Å². The van der Waals surface area contributed by atoms with Gasteiger partial charge in [0, 0.05) is 0 Å². The van der Waals surface area contributed by atoms with Crippen LogP contribution < -0.4 is 4.90 Å². The van der Waals surface area contributed by atoms with Crippen LogP contribution in [0.1, 0.15) is 13.3 Å². The van der Waals surface area contributed by atoms with E-state index in [0.29, 0.717) is 15.7 Å². The summed E-state index contributed by atoms with van der Waals surface area (Å²) in [5.74, 6) is -0.124. The first-order valence-electron chi connectivity index (χ1n) is 6.96. The van der Waals surface area contributed by atoms with Gasteiger partial charge in [-0.2, -0.15) is 0 Å². The molecule has 2 amide bonds. The van der Waals surface area contributed by atoms with Crippen molar-refractivity contribution in [3.63, 3.8) is 0 Å². The zero-order valence-electron chi connectivity index (χ0n) is 11.3. The fraction of sp³-hybridized carbons (Fsp3) is 0.375. The third kappa shape index (κ3) is 1.51. The van der Waals surface area contributed by atoms with Crippen LogP contribution in [0.2, 0.25) is 10.0 Å². The van der Waals surface area contributed by atoms with Gasteiger partial charge in [0.2, 0.25) is 11.8 Å². The number of nitrogens with zero attached hydrogens (tertiary/aromatic N) is 1. The van der Waals surface area contributed by atoms with E-state index in [1.165, 1.54) is 4.90 Å². The maximum atomic E-state index is 12.9. The molecule has 108 valence electrons. The molecule has 2 aliphatic carbocycles. The Bertz CT molecular complexity index is 714. The molecular formula is C16H13Cl2NO2. The second-order valence-electron chi connectivity index (χ2n) is 6.23. The SMILES string of the molecule is C[C@]12C(=O)N(c3ccc(Cl)c(Cl)c3)C(=O)[C@H]1[C@@H]1C=C[C@@H]2C1. The number of carbonyl (C=O) groups is 2. The lowest BCUT2D eigenvalue weighted by Crippen LogP contribution is -2.37. The lowest BCUT2D eigenvalue weighted by Gasteiger charge is -2.28. The van der Waals surface area contributed by atoms with Gasteiger partial charge in [0.15, 0.2) is 0 Å². The standard InChI is InChI=1S/C16H13Cl2NO2/c1-16-9-3-2-8(6-9)13(16)14(20)19(15(16)21)10-4-5-11(17)12(18)7-10/h2-5,7-9,13H,6H2,1H3/t8-,9-,13-,16-/m1/s1. The minimum absolute atomic E-state index is 0.113. The number of hydrogen-bond donors (Lipinski definition) is 0. The molecule has 2 fully saturated rings. The fourth-order valence-electron chi connectivity index (χ4n) is 4.17. The predicted octanol–water partition coefficient (Wildman–Crippen LogP) is 3.70. The van der Waals surface area contributed by atoms with Crippen LogP contribution in [0.5, 0.6) is 0 Å². The van der Waals surface area contributed by atoms with Crippen molar-refractivity contribution < 1.29 is 9.59 Å². The summed E-state index contributed by atoms with van der Waals surface area (Å²) in [5.41, 5.74) is -0.0998. The minimum Gasteiger partial charge on any atom is -0.274 e. The van der Waals surface area contributed by atoms with Crippen LogP contribution in [0, 0.1) is 23.2 Å². The molecule has 1 aliphatic heterocycles. The molecule has 0 aromatic heterocycles. The highest BCUT2D eigenvalue weighted by molar-refractivity contribution is 6.42. The largest absolute Gasteiger partial charge is 0.274 e. The molecule has 1 saturated heterocycles. The van der Waals surface area contributed by atoms with E-state index in [-0.39, 0.29) is 29.6 Å². The number of amides is 2. The smallest absolute Gasteiger partial charge is 0.241 e. The molecular weight excluding hydrogens is 309 g/mol. The summed E-state index contributed by atoms with van der Waals surface area (Å²) in [6.07, 6.45) is 5.08. The molecule has 4 atom stereocenters. The molecule has 3 aliphatic rings. The zero-order valence-corrected chi connectivity index (χ0v) is 12.9. The number of halogens is 2. The van der Waals surface area contributed by atoms with Gasteiger partial charge in [0.1, 0.15) is 0 Å². The van der Waals surface area contributed by atoms with Gasteiger partial charge in [-0.15, -0.1) is 0 Å². The Morgan fingerprint density at radius 1 is 1.19 bits per heavy atom. The number of anilines is 1. The van der Waals surface area contributed by atoms with E-state index in [9.17, 15) is 9.59 Å². The molecule has 0 N–H and O–H groups in total. The van der Waals surface area contributed by atoms with Gasteiger partial charge < -0.3 is 0 Å². The summed E-state index contributed by atoms with van der Waals surface area (Å²) in [7, 11) is 0. The molecule has 5 heteroatoms. The topological polar surface area (TPSA) is 37.4 Å². The summed E-state index contributed by atoms with van der Waals surface area (Å²) in [5, 5.41) is 0.755. The van der Waals surface area contributed by atoms with Crippen molar-refractivity contribution in [2.24, 2.45) is 23.2 Å². The van der Waals surface area contributed by atoms with Crippen LogP contribution in [0.15, 0.2) is 30.4 Å². The normalized spacial score (nSPS) is 36.7. The van der Waals surface area contributed by atoms with Gasteiger partial charge in [-0.3, -0.25) is 9.59 Å². The number of allylic oxidation sites excluding steroid dienone is 2. The number of rotatable bonds is 1. The monoisotopic (exact) mass is 321 g/mol. The summed E-state index contributed by atoms with van der Waals surface area (Å²) in [6.45, 7) is 1.92. The maximum absolute atomic E-state index is 12.9. The molecule has 1 aromatic carbocycles. The highest BCUT2D eigenvalue weighted by Crippen LogP contribution is 2.60. The molecule has 0 radical (unpaired) electrons. The molecule has 21 heavy (non-hydrogen) atoms. The number of hydrogen-bond acceptors (Lipinski definition) is 2. The molecule has 2 bridgehead atoms. The van der Waals surface area contributed by atoms with E-state index in [4.69, 9.17) is 23.2 Å². The Labute approximate surface area is 132 Å². The lowest BCUT2D eigenvalue weighted by molar-refractivity contribution is -0.127. The zero-order chi connectivity index (χ0) is 14.9. The molecule has 0 unspecified atom stereocenters. The molecule has 4 rings (SSSR count). The Balaban J connectivity index is 1.81. The van der Waals surface area contributed by atoms with E-state index < -0.39 is 5.41 Å². The van der Waals surface area contributed by atoms with Gasteiger partial charge in [-0.25, -0.2) is 4.90 Å². The van der Waals surface area contributed by atoms with Crippen LogP contribution in [-0.2, 0) is 9.59 Å². The maximum Gasteiger partial charge on any atom is 0.241 e. The Morgan fingerprint density at radius 2 is 1.95 bits per heavy atom. The number of imide groups is 1. The average molecular weight is 322 g/mol. The first kappa shape index (κ1) is 13.4. The van der Waals surface area contributed by atoms with Crippen molar-refractivity contribution in [1.82, 2.24) is 0 Å². The van der Waals surface area contributed by atoms with Crippen molar-refractivity contribution in [2.75, 3.05) is 4.90 Å². The van der Waals surface area contributed by atoms with Gasteiger partial charge in [0.25, 0.3) is 0 Å². The van der Waals surface area contributed by atoms with Crippen LogP contribution in [0.4, 0.5) is 5.69 Å². The van der Waals surface area contributed by atoms with Gasteiger partial charge >= 0.3 is 0 Å². The highest BCUT2D eigenvalue weighted by atomic mass is 35.5. The van der Waals surface area contributed by atoms with E-state index in [1.54, 1.807) is 18.2 Å². The fourth-order valence-corrected chi connectivity index (χ4v) is 4.47.